The van der Waals surface area contributed by atoms with Crippen LogP contribution in [0.15, 0.2) is 5.11 Å². The van der Waals surface area contributed by atoms with Gasteiger partial charge in [0.15, 0.2) is 0 Å². The van der Waals surface area contributed by atoms with Crippen LogP contribution in [0.1, 0.15) is 117 Å². The highest BCUT2D eigenvalue weighted by Crippen LogP contribution is 2.68. The number of rotatable bonds is 7. The quantitative estimate of drug-likeness (QED) is 0.211. The van der Waals surface area contributed by atoms with Crippen LogP contribution in [0.5, 0.6) is 0 Å². The van der Waals surface area contributed by atoms with Gasteiger partial charge in [-0.2, -0.15) is 0 Å². The first-order chi connectivity index (χ1) is 17.8. The largest absolute Gasteiger partial charge is 0.393 e. The molecule has 0 heterocycles. The maximum atomic E-state index is 12.7. The molecule has 5 fully saturated rings. The fourth-order valence-corrected chi connectivity index (χ4v) is 10.6. The van der Waals surface area contributed by atoms with E-state index in [0.29, 0.717) is 47.8 Å². The van der Waals surface area contributed by atoms with E-state index in [2.05, 4.69) is 36.1 Å². The second-order valence-corrected chi connectivity index (χ2v) is 14.4. The Balaban J connectivity index is 1.20. The SMILES string of the molecule is C[C@H](CCC(=O)NCC1CCCCC1)[C@H]1CC[C@H]2[C@@H]3CC[C@@H]4C[C@@H](N=[N+]=[N-])CC[C@]4(C)[C@H]3C[C@H](O)[C@]12C. The zero-order valence-electron chi connectivity index (χ0n) is 23.7. The van der Waals surface area contributed by atoms with Crippen molar-refractivity contribution in [3.05, 3.63) is 10.4 Å². The van der Waals surface area contributed by atoms with Crippen molar-refractivity contribution in [1.29, 1.82) is 0 Å². The minimum Gasteiger partial charge on any atom is -0.393 e. The molecule has 5 saturated carbocycles. The second kappa shape index (κ2) is 11.1. The molecule has 6 heteroatoms. The second-order valence-electron chi connectivity index (χ2n) is 14.4. The van der Waals surface area contributed by atoms with Gasteiger partial charge in [-0.3, -0.25) is 4.79 Å². The molecule has 0 spiro atoms. The third-order valence-corrected chi connectivity index (χ3v) is 12.9. The lowest BCUT2D eigenvalue weighted by atomic mass is 9.43. The Morgan fingerprint density at radius 2 is 1.84 bits per heavy atom. The zero-order chi connectivity index (χ0) is 26.2. The summed E-state index contributed by atoms with van der Waals surface area (Å²) < 4.78 is 0. The van der Waals surface area contributed by atoms with Crippen LogP contribution in [0.25, 0.3) is 10.4 Å². The minimum atomic E-state index is -0.251. The van der Waals surface area contributed by atoms with Gasteiger partial charge in [0.2, 0.25) is 5.91 Å². The van der Waals surface area contributed by atoms with Crippen molar-refractivity contribution in [1.82, 2.24) is 5.32 Å². The first-order valence-corrected chi connectivity index (χ1v) is 15.8. The Morgan fingerprint density at radius 3 is 2.59 bits per heavy atom. The molecule has 10 atom stereocenters. The Hall–Kier alpha value is -1.26. The number of nitrogens with one attached hydrogen (secondary N) is 1. The van der Waals surface area contributed by atoms with Crippen molar-refractivity contribution in [2.45, 2.75) is 129 Å². The van der Waals surface area contributed by atoms with E-state index < -0.39 is 0 Å². The number of carbonyl (C=O) groups excluding carboxylic acids is 1. The number of aliphatic hydroxyl groups excluding tert-OH is 1. The van der Waals surface area contributed by atoms with E-state index in [-0.39, 0.29) is 28.9 Å². The molecule has 0 bridgehead atoms. The molecular formula is C31H52N4O2. The molecule has 5 aliphatic rings. The molecule has 5 rings (SSSR count). The fourth-order valence-electron chi connectivity index (χ4n) is 10.6. The Morgan fingerprint density at radius 1 is 1.05 bits per heavy atom. The van der Waals surface area contributed by atoms with E-state index in [1.807, 2.05) is 0 Å². The third-order valence-electron chi connectivity index (χ3n) is 12.9. The highest BCUT2D eigenvalue weighted by atomic mass is 16.3. The molecule has 0 radical (unpaired) electrons. The average Bonchev–Trinajstić information content (AvgIpc) is 3.26. The van der Waals surface area contributed by atoms with Gasteiger partial charge in [0.05, 0.1) is 6.10 Å². The zero-order valence-corrected chi connectivity index (χ0v) is 23.7. The predicted molar refractivity (Wildman–Crippen MR) is 148 cm³/mol. The van der Waals surface area contributed by atoms with Crippen LogP contribution in [0.4, 0.5) is 0 Å². The first-order valence-electron chi connectivity index (χ1n) is 15.8. The number of carbonyl (C=O) groups is 1. The van der Waals surface area contributed by atoms with Crippen LogP contribution >= 0.6 is 0 Å². The maximum Gasteiger partial charge on any atom is 0.220 e. The summed E-state index contributed by atoms with van der Waals surface area (Å²) in [6.07, 6.45) is 16.9. The van der Waals surface area contributed by atoms with Crippen molar-refractivity contribution in [2.24, 2.45) is 57.4 Å². The molecule has 37 heavy (non-hydrogen) atoms. The molecular weight excluding hydrogens is 460 g/mol. The van der Waals surface area contributed by atoms with E-state index in [1.165, 1.54) is 57.8 Å². The van der Waals surface area contributed by atoms with Gasteiger partial charge in [0.1, 0.15) is 0 Å². The van der Waals surface area contributed by atoms with Crippen molar-refractivity contribution in [2.75, 3.05) is 6.54 Å². The normalized spacial score (nSPS) is 44.6. The highest BCUT2D eigenvalue weighted by molar-refractivity contribution is 5.75. The van der Waals surface area contributed by atoms with E-state index in [4.69, 9.17) is 5.53 Å². The smallest absolute Gasteiger partial charge is 0.220 e. The van der Waals surface area contributed by atoms with Gasteiger partial charge >= 0.3 is 0 Å². The van der Waals surface area contributed by atoms with Gasteiger partial charge < -0.3 is 10.4 Å². The van der Waals surface area contributed by atoms with E-state index in [9.17, 15) is 9.90 Å². The van der Waals surface area contributed by atoms with Gasteiger partial charge in [-0.1, -0.05) is 45.1 Å². The molecule has 0 saturated heterocycles. The summed E-state index contributed by atoms with van der Waals surface area (Å²) in [6.45, 7) is 8.11. The van der Waals surface area contributed by atoms with E-state index in [0.717, 1.165) is 38.6 Å². The highest BCUT2D eigenvalue weighted by Gasteiger charge is 2.63. The van der Waals surface area contributed by atoms with Crippen molar-refractivity contribution in [3.8, 4) is 0 Å². The lowest BCUT2D eigenvalue weighted by molar-refractivity contribution is -0.169. The molecule has 0 unspecified atom stereocenters. The number of nitrogens with zero attached hydrogens (tertiary/aromatic N) is 3. The average molecular weight is 513 g/mol. The summed E-state index contributed by atoms with van der Waals surface area (Å²) in [6, 6.07) is 0.162. The molecule has 0 aromatic carbocycles. The fraction of sp³-hybridized carbons (Fsp3) is 0.968. The van der Waals surface area contributed by atoms with Gasteiger partial charge in [-0.15, -0.1) is 0 Å². The maximum absolute atomic E-state index is 12.7. The van der Waals surface area contributed by atoms with Gasteiger partial charge in [-0.25, -0.2) is 0 Å². The summed E-state index contributed by atoms with van der Waals surface area (Å²) in [5, 5.41) is 19.1. The van der Waals surface area contributed by atoms with Crippen LogP contribution in [0.3, 0.4) is 0 Å². The summed E-state index contributed by atoms with van der Waals surface area (Å²) >= 11 is 0. The molecule has 5 aliphatic carbocycles. The van der Waals surface area contributed by atoms with Crippen molar-refractivity contribution < 1.29 is 9.90 Å². The topological polar surface area (TPSA) is 98.1 Å². The number of aliphatic hydroxyl groups is 1. The predicted octanol–water partition coefficient (Wildman–Crippen LogP) is 7.41. The molecule has 0 aliphatic heterocycles. The molecule has 208 valence electrons. The molecule has 1 amide bonds. The van der Waals surface area contributed by atoms with Crippen LogP contribution in [-0.4, -0.2) is 29.7 Å². The minimum absolute atomic E-state index is 0.0232. The Kier molecular flexibility index (Phi) is 8.18. The standard InChI is InChI=1S/C31H52N4O2/c1-20(9-14-29(37)33-19-21-7-5-4-6-8-21)25-12-13-26-24-11-10-22-17-23(34-35-32)15-16-30(22,2)27(24)18-28(36)31(25,26)3/h20-28,36H,4-19H2,1-3H3,(H,33,37)/t20-,22-,23+,24+,25-,26+,27+,28+,30+,31-/m1/s1. The molecule has 0 aromatic rings. The van der Waals surface area contributed by atoms with E-state index in [1.54, 1.807) is 0 Å². The number of hydrogen-bond donors (Lipinski definition) is 2. The number of azide groups is 1. The number of amides is 1. The Bertz CT molecular complexity index is 867. The summed E-state index contributed by atoms with van der Waals surface area (Å²) in [7, 11) is 0. The van der Waals surface area contributed by atoms with Crippen molar-refractivity contribution >= 4 is 5.91 Å². The molecule has 0 aromatic heterocycles. The van der Waals surface area contributed by atoms with Crippen LogP contribution < -0.4 is 5.32 Å². The van der Waals surface area contributed by atoms with E-state index >= 15 is 0 Å². The summed E-state index contributed by atoms with van der Waals surface area (Å²) in [5.74, 6) is 4.40. The van der Waals surface area contributed by atoms with Crippen molar-refractivity contribution in [3.63, 3.8) is 0 Å². The van der Waals surface area contributed by atoms with Crippen LogP contribution in [-0.2, 0) is 4.79 Å². The lowest BCUT2D eigenvalue weighted by Gasteiger charge is -2.62. The van der Waals surface area contributed by atoms with Gasteiger partial charge in [0.25, 0.3) is 0 Å². The van der Waals surface area contributed by atoms with Crippen LogP contribution in [0, 0.1) is 52.3 Å². The third kappa shape index (κ3) is 5.07. The van der Waals surface area contributed by atoms with Gasteiger partial charge in [-0.05, 0) is 128 Å². The molecule has 2 N–H and O–H groups in total. The van der Waals surface area contributed by atoms with Gasteiger partial charge in [0, 0.05) is 23.9 Å². The monoisotopic (exact) mass is 512 g/mol. The summed E-state index contributed by atoms with van der Waals surface area (Å²) in [5.41, 5.74) is 9.20. The molecule has 6 nitrogen and oxygen atoms in total. The number of hydrogen-bond acceptors (Lipinski definition) is 3. The number of fused-ring (bicyclic) bond motifs is 5. The summed E-state index contributed by atoms with van der Waals surface area (Å²) in [4.78, 5) is 15.8. The Labute approximate surface area is 224 Å². The first kappa shape index (κ1) is 27.3. The van der Waals surface area contributed by atoms with Crippen LogP contribution in [0.2, 0.25) is 0 Å². The lowest BCUT2D eigenvalue weighted by Crippen LogP contribution is -2.58.